The summed E-state index contributed by atoms with van der Waals surface area (Å²) in [6.07, 6.45) is 4.69. The summed E-state index contributed by atoms with van der Waals surface area (Å²) in [7, 11) is 0. The number of hydrogen-bond donors (Lipinski definition) is 0. The van der Waals surface area contributed by atoms with Gasteiger partial charge in [-0.3, -0.25) is 4.79 Å². The molecule has 3 aromatic rings. The molecule has 1 aliphatic heterocycles. The summed E-state index contributed by atoms with van der Waals surface area (Å²) in [5, 5.41) is 8.94. The largest absolute Gasteiger partial charge is 0.325 e. The average molecular weight is 365 g/mol. The minimum atomic E-state index is -0.0648. The molecule has 0 N–H and O–H groups in total. The van der Waals surface area contributed by atoms with Crippen LogP contribution in [0.25, 0.3) is 5.65 Å². The lowest BCUT2D eigenvalue weighted by molar-refractivity contribution is 0.0569. The van der Waals surface area contributed by atoms with Gasteiger partial charge >= 0.3 is 0 Å². The highest BCUT2D eigenvalue weighted by Gasteiger charge is 2.37. The summed E-state index contributed by atoms with van der Waals surface area (Å²) in [5.41, 5.74) is 1.21. The Morgan fingerprint density at radius 1 is 1.26 bits per heavy atom. The SMILES string of the molecule is CC(C)C[C@H]1c2nc(C3CC3)nn2CCN1C(=O)c1cccc2ncnn12. The smallest absolute Gasteiger partial charge is 0.273 e. The highest BCUT2D eigenvalue weighted by molar-refractivity contribution is 5.93. The number of carbonyl (C=O) groups excluding carboxylic acids is 1. The standard InChI is InChI=1S/C19H23N7O/c1-12(2)10-15-18-22-17(13-6-7-13)23-25(18)9-8-24(15)19(27)14-4-3-5-16-20-11-21-26(14)16/h3-5,11-13,15H,6-10H2,1-2H3/t15-/m0/s1. The maximum absolute atomic E-state index is 13.4. The van der Waals surface area contributed by atoms with Crippen LogP contribution in [-0.4, -0.2) is 46.7 Å². The lowest BCUT2D eigenvalue weighted by atomic mass is 10.00. The number of hydrogen-bond acceptors (Lipinski definition) is 5. The monoisotopic (exact) mass is 365 g/mol. The van der Waals surface area contributed by atoms with Crippen molar-refractivity contribution in [1.29, 1.82) is 0 Å². The molecular formula is C19H23N7O. The molecule has 3 aromatic heterocycles. The Morgan fingerprint density at radius 2 is 2.11 bits per heavy atom. The Balaban J connectivity index is 1.53. The minimum absolute atomic E-state index is 0.0287. The molecule has 0 aromatic carbocycles. The predicted molar refractivity (Wildman–Crippen MR) is 98.2 cm³/mol. The highest BCUT2D eigenvalue weighted by Crippen LogP contribution is 2.40. The second-order valence-electron chi connectivity index (χ2n) is 7.91. The number of pyridine rings is 1. The first-order valence-electron chi connectivity index (χ1n) is 9.66. The fourth-order valence-electron chi connectivity index (χ4n) is 3.87. The van der Waals surface area contributed by atoms with Crippen molar-refractivity contribution >= 4 is 11.6 Å². The van der Waals surface area contributed by atoms with E-state index in [9.17, 15) is 4.79 Å². The second kappa shape index (κ2) is 6.14. The second-order valence-corrected chi connectivity index (χ2v) is 7.91. The van der Waals surface area contributed by atoms with Crippen molar-refractivity contribution < 1.29 is 4.79 Å². The van der Waals surface area contributed by atoms with Crippen molar-refractivity contribution in [3.05, 3.63) is 41.9 Å². The van der Waals surface area contributed by atoms with Crippen LogP contribution in [0.3, 0.4) is 0 Å². The summed E-state index contributed by atoms with van der Waals surface area (Å²) in [6, 6.07) is 5.45. The third-order valence-electron chi connectivity index (χ3n) is 5.36. The van der Waals surface area contributed by atoms with Crippen molar-refractivity contribution in [3.8, 4) is 0 Å². The zero-order chi connectivity index (χ0) is 18.5. The van der Waals surface area contributed by atoms with E-state index in [0.717, 1.165) is 18.1 Å². The number of aromatic nitrogens is 6. The van der Waals surface area contributed by atoms with E-state index in [-0.39, 0.29) is 11.9 Å². The molecule has 2 aliphatic rings. The van der Waals surface area contributed by atoms with Crippen LogP contribution < -0.4 is 0 Å². The maximum atomic E-state index is 13.4. The molecule has 0 unspecified atom stereocenters. The van der Waals surface area contributed by atoms with Gasteiger partial charge in [0.1, 0.15) is 17.8 Å². The van der Waals surface area contributed by atoms with E-state index < -0.39 is 0 Å². The van der Waals surface area contributed by atoms with Gasteiger partial charge in [0.05, 0.1) is 12.6 Å². The van der Waals surface area contributed by atoms with E-state index in [2.05, 4.69) is 23.9 Å². The average Bonchev–Trinajstić information content (AvgIpc) is 3.22. The van der Waals surface area contributed by atoms with E-state index in [0.29, 0.717) is 36.3 Å². The molecular weight excluding hydrogens is 342 g/mol. The van der Waals surface area contributed by atoms with Crippen molar-refractivity contribution in [3.63, 3.8) is 0 Å². The molecule has 27 heavy (non-hydrogen) atoms. The topological polar surface area (TPSA) is 81.2 Å². The van der Waals surface area contributed by atoms with Crippen LogP contribution in [0.2, 0.25) is 0 Å². The van der Waals surface area contributed by atoms with Crippen LogP contribution in [0.4, 0.5) is 0 Å². The van der Waals surface area contributed by atoms with E-state index in [1.54, 1.807) is 4.52 Å². The lowest BCUT2D eigenvalue weighted by Crippen LogP contribution is -2.43. The molecule has 8 heteroatoms. The molecule has 1 saturated carbocycles. The number of fused-ring (bicyclic) bond motifs is 2. The van der Waals surface area contributed by atoms with Gasteiger partial charge in [0.2, 0.25) is 0 Å². The van der Waals surface area contributed by atoms with Gasteiger partial charge in [-0.25, -0.2) is 19.2 Å². The van der Waals surface area contributed by atoms with Crippen molar-refractivity contribution in [1.82, 2.24) is 34.3 Å². The van der Waals surface area contributed by atoms with Crippen molar-refractivity contribution in [2.24, 2.45) is 5.92 Å². The Bertz CT molecular complexity index is 1000. The number of nitrogens with zero attached hydrogens (tertiary/aromatic N) is 7. The molecule has 1 amide bonds. The Hall–Kier alpha value is -2.77. The van der Waals surface area contributed by atoms with Gasteiger partial charge in [-0.2, -0.15) is 10.2 Å². The van der Waals surface area contributed by atoms with Crippen molar-refractivity contribution in [2.45, 2.75) is 51.6 Å². The van der Waals surface area contributed by atoms with Gasteiger partial charge in [0.25, 0.3) is 5.91 Å². The van der Waals surface area contributed by atoms with Gasteiger partial charge < -0.3 is 4.90 Å². The first kappa shape index (κ1) is 16.4. The maximum Gasteiger partial charge on any atom is 0.273 e. The van der Waals surface area contributed by atoms with Gasteiger partial charge in [0, 0.05) is 12.5 Å². The molecule has 1 atom stereocenters. The molecule has 8 nitrogen and oxygen atoms in total. The van der Waals surface area contributed by atoms with E-state index in [4.69, 9.17) is 10.1 Å². The Kier molecular flexibility index (Phi) is 3.73. The summed E-state index contributed by atoms with van der Waals surface area (Å²) in [6.45, 7) is 5.67. The summed E-state index contributed by atoms with van der Waals surface area (Å²) in [4.78, 5) is 24.4. The zero-order valence-corrected chi connectivity index (χ0v) is 15.6. The van der Waals surface area contributed by atoms with Gasteiger partial charge in [0.15, 0.2) is 11.5 Å². The molecule has 140 valence electrons. The van der Waals surface area contributed by atoms with Gasteiger partial charge in [-0.1, -0.05) is 19.9 Å². The first-order valence-corrected chi connectivity index (χ1v) is 9.66. The molecule has 4 heterocycles. The van der Waals surface area contributed by atoms with Gasteiger partial charge in [-0.15, -0.1) is 0 Å². The van der Waals surface area contributed by atoms with Gasteiger partial charge in [-0.05, 0) is 37.3 Å². The zero-order valence-electron chi connectivity index (χ0n) is 15.6. The predicted octanol–water partition coefficient (Wildman–Crippen LogP) is 2.44. The van der Waals surface area contributed by atoms with Crippen LogP contribution in [0.5, 0.6) is 0 Å². The number of rotatable bonds is 4. The summed E-state index contributed by atoms with van der Waals surface area (Å²) < 4.78 is 3.63. The Morgan fingerprint density at radius 3 is 2.89 bits per heavy atom. The summed E-state index contributed by atoms with van der Waals surface area (Å²) in [5.74, 6) is 2.80. The van der Waals surface area contributed by atoms with Crippen LogP contribution in [0.15, 0.2) is 24.5 Å². The highest BCUT2D eigenvalue weighted by atomic mass is 16.2. The third-order valence-corrected chi connectivity index (χ3v) is 5.36. The van der Waals surface area contributed by atoms with E-state index in [1.807, 2.05) is 27.8 Å². The first-order chi connectivity index (χ1) is 13.1. The lowest BCUT2D eigenvalue weighted by Gasteiger charge is -2.36. The molecule has 5 rings (SSSR count). The quantitative estimate of drug-likeness (QED) is 0.709. The molecule has 0 spiro atoms. The van der Waals surface area contributed by atoms with Crippen LogP contribution in [-0.2, 0) is 6.54 Å². The normalized spacial score (nSPS) is 19.7. The molecule has 0 bridgehead atoms. The van der Waals surface area contributed by atoms with Crippen molar-refractivity contribution in [2.75, 3.05) is 6.54 Å². The molecule has 1 fully saturated rings. The van der Waals surface area contributed by atoms with E-state index in [1.165, 1.54) is 19.2 Å². The molecule has 0 radical (unpaired) electrons. The van der Waals surface area contributed by atoms with Crippen LogP contribution in [0, 0.1) is 5.92 Å². The van der Waals surface area contributed by atoms with E-state index >= 15 is 0 Å². The van der Waals surface area contributed by atoms with Crippen LogP contribution >= 0.6 is 0 Å². The fraction of sp³-hybridized carbons (Fsp3) is 0.526. The number of carbonyl (C=O) groups is 1. The third kappa shape index (κ3) is 2.79. The molecule has 0 saturated heterocycles. The Labute approximate surface area is 157 Å². The fourth-order valence-corrected chi connectivity index (χ4v) is 3.87. The minimum Gasteiger partial charge on any atom is -0.325 e. The summed E-state index contributed by atoms with van der Waals surface area (Å²) >= 11 is 0. The number of amides is 1. The molecule has 1 aliphatic carbocycles. The van der Waals surface area contributed by atoms with Crippen LogP contribution in [0.1, 0.15) is 67.2 Å².